The van der Waals surface area contributed by atoms with Crippen molar-refractivity contribution >= 4 is 11.4 Å². The lowest BCUT2D eigenvalue weighted by atomic mass is 10.2. The van der Waals surface area contributed by atoms with Gasteiger partial charge in [0.15, 0.2) is 0 Å². The Morgan fingerprint density at radius 1 is 1.22 bits per heavy atom. The average molecular weight is 318 g/mol. The van der Waals surface area contributed by atoms with Gasteiger partial charge in [-0.3, -0.25) is 24.0 Å². The van der Waals surface area contributed by atoms with E-state index in [1.54, 1.807) is 18.2 Å². The largest absolute Gasteiger partial charge is 0.372 e. The molecule has 122 valence electrons. The van der Waals surface area contributed by atoms with Crippen molar-refractivity contribution < 1.29 is 4.92 Å². The SMILES string of the molecule is CCN(CC)c1cccc(-n2cc([N+](=O)[O-])c(=O)n(C)c2=O)c1. The Hall–Kier alpha value is -2.90. The molecule has 0 saturated carbocycles. The number of nitro groups is 1. The molecule has 0 N–H and O–H groups in total. The van der Waals surface area contributed by atoms with Gasteiger partial charge in [0.1, 0.15) is 0 Å². The third kappa shape index (κ3) is 3.01. The average Bonchev–Trinajstić information content (AvgIpc) is 2.54. The Labute approximate surface area is 132 Å². The molecule has 0 saturated heterocycles. The third-order valence-corrected chi connectivity index (χ3v) is 3.70. The summed E-state index contributed by atoms with van der Waals surface area (Å²) in [6, 6.07) is 7.11. The normalized spacial score (nSPS) is 10.6. The molecule has 0 aliphatic heterocycles. The van der Waals surface area contributed by atoms with E-state index >= 15 is 0 Å². The molecule has 2 rings (SSSR count). The van der Waals surface area contributed by atoms with Crippen LogP contribution in [0.5, 0.6) is 0 Å². The summed E-state index contributed by atoms with van der Waals surface area (Å²) in [5.74, 6) is 0. The smallest absolute Gasteiger partial charge is 0.350 e. The second-order valence-corrected chi connectivity index (χ2v) is 4.98. The standard InChI is InChI=1S/C15H18N4O4/c1-4-17(5-2)11-7-6-8-12(9-11)18-10-13(19(22)23)14(20)16(3)15(18)21/h6-10H,4-5H2,1-3H3. The van der Waals surface area contributed by atoms with E-state index in [4.69, 9.17) is 0 Å². The zero-order valence-electron chi connectivity index (χ0n) is 13.2. The molecule has 23 heavy (non-hydrogen) atoms. The monoisotopic (exact) mass is 318 g/mol. The van der Waals surface area contributed by atoms with Crippen LogP contribution in [0.25, 0.3) is 5.69 Å². The summed E-state index contributed by atoms with van der Waals surface area (Å²) in [5.41, 5.74) is -0.817. The second-order valence-electron chi connectivity index (χ2n) is 4.98. The van der Waals surface area contributed by atoms with Crippen LogP contribution in [0.1, 0.15) is 13.8 Å². The predicted octanol–water partition coefficient (Wildman–Crippen LogP) is 1.29. The summed E-state index contributed by atoms with van der Waals surface area (Å²) in [5, 5.41) is 11.0. The highest BCUT2D eigenvalue weighted by molar-refractivity contribution is 5.53. The van der Waals surface area contributed by atoms with E-state index in [0.717, 1.165) is 34.1 Å². The molecule has 8 nitrogen and oxygen atoms in total. The first-order chi connectivity index (χ1) is 10.9. The molecule has 0 unspecified atom stereocenters. The minimum absolute atomic E-state index is 0.470. The molecular weight excluding hydrogens is 300 g/mol. The van der Waals surface area contributed by atoms with Gasteiger partial charge in [0.2, 0.25) is 0 Å². The van der Waals surface area contributed by atoms with Crippen molar-refractivity contribution in [1.29, 1.82) is 0 Å². The van der Waals surface area contributed by atoms with Crippen molar-refractivity contribution in [1.82, 2.24) is 9.13 Å². The van der Waals surface area contributed by atoms with E-state index in [-0.39, 0.29) is 0 Å². The molecule has 0 fully saturated rings. The summed E-state index contributed by atoms with van der Waals surface area (Å²) in [6.45, 7) is 5.61. The van der Waals surface area contributed by atoms with Gasteiger partial charge in [0.05, 0.1) is 16.8 Å². The lowest BCUT2D eigenvalue weighted by Crippen LogP contribution is -2.38. The van der Waals surface area contributed by atoms with Gasteiger partial charge in [-0.1, -0.05) is 6.07 Å². The first kappa shape index (κ1) is 16.5. The molecule has 1 aromatic carbocycles. The zero-order chi connectivity index (χ0) is 17.1. The number of nitrogens with zero attached hydrogens (tertiary/aromatic N) is 4. The molecule has 2 aromatic rings. The van der Waals surface area contributed by atoms with Gasteiger partial charge in [-0.05, 0) is 32.0 Å². The molecule has 0 aliphatic carbocycles. The Kier molecular flexibility index (Phi) is 4.63. The Bertz CT molecular complexity index is 849. The van der Waals surface area contributed by atoms with Crippen molar-refractivity contribution in [2.75, 3.05) is 18.0 Å². The maximum Gasteiger partial charge on any atom is 0.350 e. The van der Waals surface area contributed by atoms with Crippen LogP contribution in [0.4, 0.5) is 11.4 Å². The first-order valence-electron chi connectivity index (χ1n) is 7.23. The van der Waals surface area contributed by atoms with E-state index in [9.17, 15) is 19.7 Å². The summed E-state index contributed by atoms with van der Waals surface area (Å²) in [6.07, 6.45) is 0.978. The number of anilines is 1. The molecule has 0 aliphatic rings. The number of benzene rings is 1. The van der Waals surface area contributed by atoms with E-state index in [1.165, 1.54) is 7.05 Å². The van der Waals surface area contributed by atoms with Crippen LogP contribution >= 0.6 is 0 Å². The Morgan fingerprint density at radius 2 is 1.87 bits per heavy atom. The van der Waals surface area contributed by atoms with Crippen LogP contribution in [-0.2, 0) is 7.05 Å². The molecule has 0 amide bonds. The van der Waals surface area contributed by atoms with Crippen LogP contribution in [0.15, 0.2) is 40.1 Å². The fraction of sp³-hybridized carbons (Fsp3) is 0.333. The molecule has 0 spiro atoms. The van der Waals surface area contributed by atoms with Crippen molar-refractivity contribution in [2.45, 2.75) is 13.8 Å². The van der Waals surface area contributed by atoms with Gasteiger partial charge in [0.25, 0.3) is 0 Å². The van der Waals surface area contributed by atoms with E-state index < -0.39 is 21.9 Å². The predicted molar refractivity (Wildman–Crippen MR) is 87.5 cm³/mol. The molecular formula is C15H18N4O4. The Morgan fingerprint density at radius 3 is 2.43 bits per heavy atom. The highest BCUT2D eigenvalue weighted by Gasteiger charge is 2.19. The van der Waals surface area contributed by atoms with Gasteiger partial charge < -0.3 is 4.90 Å². The van der Waals surface area contributed by atoms with Crippen LogP contribution in [0.3, 0.4) is 0 Å². The minimum Gasteiger partial charge on any atom is -0.372 e. The van der Waals surface area contributed by atoms with Crippen molar-refractivity contribution in [3.63, 3.8) is 0 Å². The molecule has 1 aromatic heterocycles. The highest BCUT2D eigenvalue weighted by atomic mass is 16.6. The maximum atomic E-state index is 12.3. The summed E-state index contributed by atoms with van der Waals surface area (Å²) in [4.78, 5) is 36.4. The first-order valence-corrected chi connectivity index (χ1v) is 7.23. The van der Waals surface area contributed by atoms with Crippen LogP contribution in [0, 0.1) is 10.1 Å². The molecule has 0 bridgehead atoms. The molecule has 1 heterocycles. The zero-order valence-corrected chi connectivity index (χ0v) is 13.2. The minimum atomic E-state index is -0.920. The van der Waals surface area contributed by atoms with Gasteiger partial charge in [-0.15, -0.1) is 0 Å². The van der Waals surface area contributed by atoms with Gasteiger partial charge >= 0.3 is 16.9 Å². The van der Waals surface area contributed by atoms with Crippen LogP contribution in [-0.4, -0.2) is 27.1 Å². The summed E-state index contributed by atoms with van der Waals surface area (Å²) < 4.78 is 1.86. The van der Waals surface area contributed by atoms with Gasteiger partial charge in [0, 0.05) is 25.8 Å². The number of rotatable bonds is 5. The van der Waals surface area contributed by atoms with E-state index in [2.05, 4.69) is 4.90 Å². The van der Waals surface area contributed by atoms with Crippen molar-refractivity contribution in [3.8, 4) is 5.69 Å². The third-order valence-electron chi connectivity index (χ3n) is 3.70. The number of aromatic nitrogens is 2. The Balaban J connectivity index is 2.68. The summed E-state index contributed by atoms with van der Waals surface area (Å²) in [7, 11) is 1.22. The van der Waals surface area contributed by atoms with Gasteiger partial charge in [-0.2, -0.15) is 0 Å². The lowest BCUT2D eigenvalue weighted by Gasteiger charge is -2.21. The lowest BCUT2D eigenvalue weighted by molar-refractivity contribution is -0.387. The van der Waals surface area contributed by atoms with Crippen molar-refractivity contribution in [3.05, 3.63) is 61.4 Å². The molecule has 8 heteroatoms. The molecule has 0 atom stereocenters. The van der Waals surface area contributed by atoms with E-state index in [0.29, 0.717) is 5.69 Å². The fourth-order valence-corrected chi connectivity index (χ4v) is 2.39. The van der Waals surface area contributed by atoms with Crippen LogP contribution in [0.2, 0.25) is 0 Å². The van der Waals surface area contributed by atoms with Crippen LogP contribution < -0.4 is 16.1 Å². The van der Waals surface area contributed by atoms with Gasteiger partial charge in [-0.25, -0.2) is 4.79 Å². The van der Waals surface area contributed by atoms with E-state index in [1.807, 2.05) is 19.9 Å². The highest BCUT2D eigenvalue weighted by Crippen LogP contribution is 2.18. The fourth-order valence-electron chi connectivity index (χ4n) is 2.39. The second kappa shape index (κ2) is 6.47. The quantitative estimate of drug-likeness (QED) is 0.612. The molecule has 0 radical (unpaired) electrons. The maximum absolute atomic E-state index is 12.3. The van der Waals surface area contributed by atoms with Crippen molar-refractivity contribution in [2.24, 2.45) is 7.05 Å². The number of hydrogen-bond donors (Lipinski definition) is 0. The topological polar surface area (TPSA) is 90.4 Å². The summed E-state index contributed by atoms with van der Waals surface area (Å²) >= 11 is 0. The number of hydrogen-bond acceptors (Lipinski definition) is 5.